The Bertz CT molecular complexity index is 607. The van der Waals surface area contributed by atoms with Crippen LogP contribution in [0.2, 0.25) is 5.15 Å². The summed E-state index contributed by atoms with van der Waals surface area (Å²) in [5, 5.41) is 8.13. The van der Waals surface area contributed by atoms with Crippen molar-refractivity contribution in [2.24, 2.45) is 7.05 Å². The Morgan fingerprint density at radius 3 is 2.65 bits per heavy atom. The smallest absolute Gasteiger partial charge is 0.130 e. The first kappa shape index (κ1) is 15.5. The normalized spacial score (nSPS) is 12.7. The van der Waals surface area contributed by atoms with E-state index < -0.39 is 0 Å². The molecule has 0 amide bonds. The lowest BCUT2D eigenvalue weighted by Crippen LogP contribution is -2.19. The van der Waals surface area contributed by atoms with Crippen LogP contribution in [0.1, 0.15) is 22.9 Å². The molecule has 2 rings (SSSR count). The predicted octanol–water partition coefficient (Wildman–Crippen LogP) is 3.79. The number of aromatic nitrogens is 2. The van der Waals surface area contributed by atoms with Gasteiger partial charge in [-0.1, -0.05) is 27.5 Å². The summed E-state index contributed by atoms with van der Waals surface area (Å²) in [6, 6.07) is 4.86. The third-order valence-electron chi connectivity index (χ3n) is 3.31. The van der Waals surface area contributed by atoms with Crippen LogP contribution in [0.3, 0.4) is 0 Å². The van der Waals surface area contributed by atoms with E-state index in [-0.39, 0.29) is 11.9 Å². The van der Waals surface area contributed by atoms with E-state index in [1.807, 2.05) is 27.1 Å². The van der Waals surface area contributed by atoms with Crippen molar-refractivity contribution in [1.29, 1.82) is 0 Å². The summed E-state index contributed by atoms with van der Waals surface area (Å²) < 4.78 is 15.9. The van der Waals surface area contributed by atoms with Crippen molar-refractivity contribution in [3.05, 3.63) is 50.5 Å². The van der Waals surface area contributed by atoms with Gasteiger partial charge in [0.25, 0.3) is 0 Å². The van der Waals surface area contributed by atoms with E-state index in [0.29, 0.717) is 11.6 Å². The molecule has 20 heavy (non-hydrogen) atoms. The molecule has 0 fully saturated rings. The van der Waals surface area contributed by atoms with Gasteiger partial charge < -0.3 is 5.32 Å². The second kappa shape index (κ2) is 6.24. The Hall–Kier alpha value is -0.910. The fourth-order valence-corrected chi connectivity index (χ4v) is 3.01. The van der Waals surface area contributed by atoms with Crippen molar-refractivity contribution >= 4 is 27.5 Å². The lowest BCUT2D eigenvalue weighted by molar-refractivity contribution is 0.575. The highest BCUT2D eigenvalue weighted by atomic mass is 79.9. The SMILES string of the molecule is CNC(Cc1c(C)nn(C)c1Cl)c1cc(F)cc(Br)c1. The van der Waals surface area contributed by atoms with Crippen molar-refractivity contribution < 1.29 is 4.39 Å². The number of likely N-dealkylation sites (N-methyl/N-ethyl adjacent to an activating group) is 1. The van der Waals surface area contributed by atoms with E-state index in [0.717, 1.165) is 21.3 Å². The van der Waals surface area contributed by atoms with Gasteiger partial charge in [-0.3, -0.25) is 4.68 Å². The van der Waals surface area contributed by atoms with E-state index in [4.69, 9.17) is 11.6 Å². The average Bonchev–Trinajstić information content (AvgIpc) is 2.60. The molecular weight excluding hydrogens is 345 g/mol. The Morgan fingerprint density at radius 1 is 1.45 bits per heavy atom. The first-order valence-electron chi connectivity index (χ1n) is 6.23. The monoisotopic (exact) mass is 359 g/mol. The van der Waals surface area contributed by atoms with Crippen molar-refractivity contribution in [2.75, 3.05) is 7.05 Å². The third kappa shape index (κ3) is 3.22. The zero-order chi connectivity index (χ0) is 14.9. The molecule has 0 bridgehead atoms. The molecule has 0 aliphatic carbocycles. The van der Waals surface area contributed by atoms with Crippen LogP contribution in [0.25, 0.3) is 0 Å². The Labute approximate surface area is 131 Å². The molecule has 1 aromatic heterocycles. The molecule has 1 atom stereocenters. The van der Waals surface area contributed by atoms with Crippen LogP contribution in [0, 0.1) is 12.7 Å². The van der Waals surface area contributed by atoms with Gasteiger partial charge in [-0.25, -0.2) is 4.39 Å². The molecule has 0 radical (unpaired) electrons. The molecule has 1 unspecified atom stereocenters. The van der Waals surface area contributed by atoms with Gasteiger partial charge in [0.05, 0.1) is 5.69 Å². The molecule has 3 nitrogen and oxygen atoms in total. The predicted molar refractivity (Wildman–Crippen MR) is 82.6 cm³/mol. The third-order valence-corrected chi connectivity index (χ3v) is 4.24. The number of hydrogen-bond acceptors (Lipinski definition) is 2. The fraction of sp³-hybridized carbons (Fsp3) is 0.357. The van der Waals surface area contributed by atoms with E-state index >= 15 is 0 Å². The van der Waals surface area contributed by atoms with Crippen LogP contribution in [0.4, 0.5) is 4.39 Å². The van der Waals surface area contributed by atoms with Gasteiger partial charge in [-0.15, -0.1) is 0 Å². The van der Waals surface area contributed by atoms with Crippen LogP contribution in [0.5, 0.6) is 0 Å². The van der Waals surface area contributed by atoms with Crippen molar-refractivity contribution in [3.63, 3.8) is 0 Å². The molecule has 1 heterocycles. The van der Waals surface area contributed by atoms with Crippen molar-refractivity contribution in [3.8, 4) is 0 Å². The lowest BCUT2D eigenvalue weighted by Gasteiger charge is -2.17. The largest absolute Gasteiger partial charge is 0.313 e. The maximum absolute atomic E-state index is 13.5. The molecule has 0 saturated heterocycles. The Morgan fingerprint density at radius 2 is 2.15 bits per heavy atom. The van der Waals surface area contributed by atoms with Gasteiger partial charge in [0.1, 0.15) is 11.0 Å². The zero-order valence-electron chi connectivity index (χ0n) is 11.5. The number of benzene rings is 1. The minimum absolute atomic E-state index is 0.0256. The van der Waals surface area contributed by atoms with Crippen LogP contribution in [-0.4, -0.2) is 16.8 Å². The number of nitrogens with zero attached hydrogens (tertiary/aromatic N) is 2. The number of rotatable bonds is 4. The molecule has 1 aromatic carbocycles. The van der Waals surface area contributed by atoms with Crippen LogP contribution >= 0.6 is 27.5 Å². The molecule has 108 valence electrons. The van der Waals surface area contributed by atoms with Gasteiger partial charge in [0.2, 0.25) is 0 Å². The topological polar surface area (TPSA) is 29.9 Å². The second-order valence-corrected chi connectivity index (χ2v) is 6.00. The molecule has 0 aliphatic heterocycles. The molecule has 0 aliphatic rings. The maximum Gasteiger partial charge on any atom is 0.130 e. The molecule has 1 N–H and O–H groups in total. The van der Waals surface area contributed by atoms with Gasteiger partial charge in [0.15, 0.2) is 0 Å². The summed E-state index contributed by atoms with van der Waals surface area (Å²) in [5.41, 5.74) is 2.75. The van der Waals surface area contributed by atoms with E-state index in [9.17, 15) is 4.39 Å². The first-order valence-corrected chi connectivity index (χ1v) is 7.40. The van der Waals surface area contributed by atoms with E-state index in [2.05, 4.69) is 26.3 Å². The summed E-state index contributed by atoms with van der Waals surface area (Å²) in [4.78, 5) is 0. The van der Waals surface area contributed by atoms with Gasteiger partial charge >= 0.3 is 0 Å². The summed E-state index contributed by atoms with van der Waals surface area (Å²) >= 11 is 9.57. The van der Waals surface area contributed by atoms with E-state index in [1.54, 1.807) is 4.68 Å². The van der Waals surface area contributed by atoms with Crippen molar-refractivity contribution in [2.45, 2.75) is 19.4 Å². The minimum Gasteiger partial charge on any atom is -0.313 e. The standard InChI is InChI=1S/C14H16BrClFN3/c1-8-12(14(16)20(3)19-8)7-13(18-2)9-4-10(15)6-11(17)5-9/h4-6,13,18H,7H2,1-3H3. The molecule has 0 saturated carbocycles. The van der Waals surface area contributed by atoms with Crippen molar-refractivity contribution in [1.82, 2.24) is 15.1 Å². The highest BCUT2D eigenvalue weighted by molar-refractivity contribution is 9.10. The van der Waals surface area contributed by atoms with Crippen LogP contribution in [0.15, 0.2) is 22.7 Å². The summed E-state index contributed by atoms with van der Waals surface area (Å²) in [7, 11) is 3.66. The average molecular weight is 361 g/mol. The lowest BCUT2D eigenvalue weighted by atomic mass is 9.99. The van der Waals surface area contributed by atoms with Gasteiger partial charge in [-0.05, 0) is 44.2 Å². The number of hydrogen-bond donors (Lipinski definition) is 1. The van der Waals surface area contributed by atoms with Crippen LogP contribution in [-0.2, 0) is 13.5 Å². The highest BCUT2D eigenvalue weighted by Gasteiger charge is 2.18. The number of nitrogens with one attached hydrogen (secondary N) is 1. The zero-order valence-corrected chi connectivity index (χ0v) is 13.9. The summed E-state index contributed by atoms with van der Waals surface area (Å²) in [6.45, 7) is 1.93. The Kier molecular flexibility index (Phi) is 4.83. The first-order chi connectivity index (χ1) is 9.42. The molecule has 6 heteroatoms. The van der Waals surface area contributed by atoms with E-state index in [1.165, 1.54) is 12.1 Å². The van der Waals surface area contributed by atoms with Gasteiger partial charge in [0, 0.05) is 23.1 Å². The number of halogens is 3. The highest BCUT2D eigenvalue weighted by Crippen LogP contribution is 2.27. The minimum atomic E-state index is -0.261. The van der Waals surface area contributed by atoms with Crippen LogP contribution < -0.4 is 5.32 Å². The maximum atomic E-state index is 13.5. The quantitative estimate of drug-likeness (QED) is 0.899. The second-order valence-electron chi connectivity index (χ2n) is 4.73. The number of aryl methyl sites for hydroxylation is 2. The molecule has 0 spiro atoms. The summed E-state index contributed by atoms with van der Waals surface area (Å²) in [6.07, 6.45) is 0.658. The summed E-state index contributed by atoms with van der Waals surface area (Å²) in [5.74, 6) is -0.261. The molecular formula is C14H16BrClFN3. The molecule has 2 aromatic rings. The Balaban J connectivity index is 2.33. The van der Waals surface area contributed by atoms with Gasteiger partial charge in [-0.2, -0.15) is 5.10 Å². The fourth-order valence-electron chi connectivity index (χ4n) is 2.27.